The fourth-order valence-corrected chi connectivity index (χ4v) is 1.65. The van der Waals surface area contributed by atoms with Crippen molar-refractivity contribution in [3.8, 4) is 12.3 Å². The molecule has 0 fully saturated rings. The molecule has 0 aromatic carbocycles. The van der Waals surface area contributed by atoms with E-state index in [-0.39, 0.29) is 11.9 Å². The van der Waals surface area contributed by atoms with Gasteiger partial charge < -0.3 is 11.1 Å². The van der Waals surface area contributed by atoms with Crippen LogP contribution in [0.15, 0.2) is 0 Å². The summed E-state index contributed by atoms with van der Waals surface area (Å²) in [6, 6.07) is -0.123. The van der Waals surface area contributed by atoms with Crippen molar-refractivity contribution in [3.63, 3.8) is 0 Å². The monoisotopic (exact) mass is 224 g/mol. The zero-order valence-corrected chi connectivity index (χ0v) is 10.5. The van der Waals surface area contributed by atoms with Gasteiger partial charge in [0.25, 0.3) is 0 Å². The Morgan fingerprint density at radius 2 is 2.06 bits per heavy atom. The van der Waals surface area contributed by atoms with Gasteiger partial charge in [-0.2, -0.15) is 0 Å². The molecule has 0 heterocycles. The summed E-state index contributed by atoms with van der Waals surface area (Å²) in [7, 11) is 0. The molecule has 1 amide bonds. The van der Waals surface area contributed by atoms with E-state index in [1.165, 1.54) is 0 Å². The van der Waals surface area contributed by atoms with Crippen LogP contribution in [0.2, 0.25) is 0 Å². The first-order chi connectivity index (χ1) is 7.67. The van der Waals surface area contributed by atoms with Gasteiger partial charge in [0.15, 0.2) is 0 Å². The second kappa shape index (κ2) is 9.23. The van der Waals surface area contributed by atoms with Crippen molar-refractivity contribution in [1.82, 2.24) is 5.32 Å². The van der Waals surface area contributed by atoms with Crippen molar-refractivity contribution in [2.45, 2.75) is 52.0 Å². The average Bonchev–Trinajstić information content (AvgIpc) is 2.31. The smallest absolute Gasteiger partial charge is 0.220 e. The third-order valence-electron chi connectivity index (χ3n) is 2.88. The third kappa shape index (κ3) is 6.47. The Kier molecular flexibility index (Phi) is 8.65. The molecular weight excluding hydrogens is 200 g/mol. The van der Waals surface area contributed by atoms with Gasteiger partial charge >= 0.3 is 0 Å². The number of nitrogens with two attached hydrogens (primary N) is 1. The van der Waals surface area contributed by atoms with Crippen LogP contribution in [0.5, 0.6) is 0 Å². The normalized spacial score (nSPS) is 13.9. The van der Waals surface area contributed by atoms with E-state index in [2.05, 4.69) is 18.2 Å². The Hall–Kier alpha value is -1.01. The fourth-order valence-electron chi connectivity index (χ4n) is 1.65. The highest BCUT2D eigenvalue weighted by Crippen LogP contribution is 2.14. The van der Waals surface area contributed by atoms with Gasteiger partial charge in [0, 0.05) is 6.42 Å². The lowest BCUT2D eigenvalue weighted by Crippen LogP contribution is -2.33. The molecule has 0 spiro atoms. The highest BCUT2D eigenvalue weighted by molar-refractivity contribution is 5.76. The molecule has 0 saturated carbocycles. The molecule has 2 unspecified atom stereocenters. The Morgan fingerprint density at radius 3 is 2.50 bits per heavy atom. The Balaban J connectivity index is 3.83. The van der Waals surface area contributed by atoms with E-state index >= 15 is 0 Å². The van der Waals surface area contributed by atoms with Gasteiger partial charge in [-0.25, -0.2) is 0 Å². The van der Waals surface area contributed by atoms with Gasteiger partial charge in [-0.3, -0.25) is 4.79 Å². The second-order valence-electron chi connectivity index (χ2n) is 4.09. The molecule has 0 bridgehead atoms. The summed E-state index contributed by atoms with van der Waals surface area (Å²) in [4.78, 5) is 11.6. The minimum atomic E-state index is -0.123. The number of hydrogen-bond donors (Lipinski definition) is 2. The van der Waals surface area contributed by atoms with E-state index in [0.717, 1.165) is 25.7 Å². The van der Waals surface area contributed by atoms with Gasteiger partial charge in [-0.05, 0) is 31.7 Å². The summed E-state index contributed by atoms with van der Waals surface area (Å²) in [6.07, 6.45) is 9.59. The molecule has 3 heteroatoms. The molecule has 92 valence electrons. The number of carbonyl (C=O) groups excluding carboxylic acids is 1. The predicted octanol–water partition coefficient (Wildman–Crippen LogP) is 1.67. The predicted molar refractivity (Wildman–Crippen MR) is 67.7 cm³/mol. The molecule has 3 nitrogen and oxygen atoms in total. The highest BCUT2D eigenvalue weighted by atomic mass is 16.1. The van der Waals surface area contributed by atoms with E-state index in [9.17, 15) is 4.79 Å². The molecular formula is C13H24N2O. The van der Waals surface area contributed by atoms with Crippen molar-refractivity contribution in [2.24, 2.45) is 11.7 Å². The molecule has 0 aromatic rings. The van der Waals surface area contributed by atoms with Gasteiger partial charge in [0.2, 0.25) is 5.91 Å². The zero-order valence-electron chi connectivity index (χ0n) is 10.5. The topological polar surface area (TPSA) is 55.1 Å². The SMILES string of the molecule is C#CC(CC)NC(=O)CCC(CC)CCN. The van der Waals surface area contributed by atoms with Crippen LogP contribution in [0, 0.1) is 18.3 Å². The zero-order chi connectivity index (χ0) is 12.4. The molecule has 0 saturated heterocycles. The average molecular weight is 224 g/mol. The van der Waals surface area contributed by atoms with Crippen molar-refractivity contribution in [1.29, 1.82) is 0 Å². The minimum absolute atomic E-state index is 0.0558. The number of amides is 1. The first kappa shape index (κ1) is 15.0. The van der Waals surface area contributed by atoms with Crippen molar-refractivity contribution in [2.75, 3.05) is 6.54 Å². The van der Waals surface area contributed by atoms with Crippen LogP contribution in [-0.4, -0.2) is 18.5 Å². The number of rotatable bonds is 8. The van der Waals surface area contributed by atoms with Crippen LogP contribution in [0.25, 0.3) is 0 Å². The van der Waals surface area contributed by atoms with Crippen LogP contribution < -0.4 is 11.1 Å². The molecule has 16 heavy (non-hydrogen) atoms. The summed E-state index contributed by atoms with van der Waals surface area (Å²) in [5.74, 6) is 3.17. The summed E-state index contributed by atoms with van der Waals surface area (Å²) < 4.78 is 0. The number of carbonyl (C=O) groups is 1. The van der Waals surface area contributed by atoms with Crippen LogP contribution >= 0.6 is 0 Å². The molecule has 0 radical (unpaired) electrons. The lowest BCUT2D eigenvalue weighted by atomic mass is 9.96. The molecule has 0 aromatic heterocycles. The third-order valence-corrected chi connectivity index (χ3v) is 2.88. The van der Waals surface area contributed by atoms with Gasteiger partial charge in [-0.15, -0.1) is 6.42 Å². The lowest BCUT2D eigenvalue weighted by Gasteiger charge is -2.14. The largest absolute Gasteiger partial charge is 0.342 e. The van der Waals surface area contributed by atoms with Crippen LogP contribution in [0.3, 0.4) is 0 Å². The van der Waals surface area contributed by atoms with Crippen molar-refractivity contribution >= 4 is 5.91 Å². The maximum atomic E-state index is 11.6. The van der Waals surface area contributed by atoms with Crippen molar-refractivity contribution in [3.05, 3.63) is 0 Å². The lowest BCUT2D eigenvalue weighted by molar-refractivity contribution is -0.121. The fraction of sp³-hybridized carbons (Fsp3) is 0.769. The summed E-state index contributed by atoms with van der Waals surface area (Å²) in [5, 5.41) is 2.83. The molecule has 0 aliphatic rings. The van der Waals surface area contributed by atoms with Gasteiger partial charge in [0.1, 0.15) is 0 Å². The van der Waals surface area contributed by atoms with E-state index < -0.39 is 0 Å². The number of nitrogens with one attached hydrogen (secondary N) is 1. The quantitative estimate of drug-likeness (QED) is 0.616. The van der Waals surface area contributed by atoms with Crippen LogP contribution in [0.4, 0.5) is 0 Å². The number of hydrogen-bond acceptors (Lipinski definition) is 2. The summed E-state index contributed by atoms with van der Waals surface area (Å²) >= 11 is 0. The van der Waals surface area contributed by atoms with E-state index in [0.29, 0.717) is 18.9 Å². The molecule has 0 rings (SSSR count). The first-order valence-electron chi connectivity index (χ1n) is 6.13. The summed E-state index contributed by atoms with van der Waals surface area (Å²) in [5.41, 5.74) is 5.51. The summed E-state index contributed by atoms with van der Waals surface area (Å²) in [6.45, 7) is 4.80. The minimum Gasteiger partial charge on any atom is -0.342 e. The maximum absolute atomic E-state index is 11.6. The second-order valence-corrected chi connectivity index (χ2v) is 4.09. The van der Waals surface area contributed by atoms with Gasteiger partial charge in [-0.1, -0.05) is 26.2 Å². The number of terminal acetylenes is 1. The standard InChI is InChI=1S/C13H24N2O/c1-4-11(9-10-14)7-8-13(16)15-12(5-2)6-3/h2,11-12H,4,6-10,14H2,1,3H3,(H,15,16). The van der Waals surface area contributed by atoms with E-state index in [4.69, 9.17) is 12.2 Å². The molecule has 0 aliphatic carbocycles. The first-order valence-corrected chi connectivity index (χ1v) is 6.13. The molecule has 0 aliphatic heterocycles. The van der Waals surface area contributed by atoms with Gasteiger partial charge in [0.05, 0.1) is 6.04 Å². The highest BCUT2D eigenvalue weighted by Gasteiger charge is 2.11. The van der Waals surface area contributed by atoms with Crippen LogP contribution in [0.1, 0.15) is 46.0 Å². The Bertz CT molecular complexity index is 233. The Labute approximate surface area is 99.2 Å². The van der Waals surface area contributed by atoms with E-state index in [1.807, 2.05) is 6.92 Å². The Morgan fingerprint density at radius 1 is 1.38 bits per heavy atom. The molecule has 3 N–H and O–H groups in total. The van der Waals surface area contributed by atoms with Crippen LogP contribution in [-0.2, 0) is 4.79 Å². The maximum Gasteiger partial charge on any atom is 0.220 e. The van der Waals surface area contributed by atoms with E-state index in [1.54, 1.807) is 0 Å². The van der Waals surface area contributed by atoms with Crippen molar-refractivity contribution < 1.29 is 4.79 Å². The molecule has 2 atom stereocenters.